The van der Waals surface area contributed by atoms with Crippen molar-refractivity contribution in [3.8, 4) is 11.5 Å². The van der Waals surface area contributed by atoms with Crippen LogP contribution in [-0.2, 0) is 9.53 Å². The summed E-state index contributed by atoms with van der Waals surface area (Å²) in [5.41, 5.74) is 0.567. The zero-order valence-corrected chi connectivity index (χ0v) is 17.2. The fraction of sp³-hybridized carbons (Fsp3) is 0.182. The average Bonchev–Trinajstić information content (AvgIpc) is 3.00. The van der Waals surface area contributed by atoms with Crippen LogP contribution >= 0.6 is 11.8 Å². The number of carbonyl (C=O) groups is 1. The van der Waals surface area contributed by atoms with E-state index in [0.717, 1.165) is 11.8 Å². The van der Waals surface area contributed by atoms with Crippen LogP contribution in [0.2, 0.25) is 0 Å². The fourth-order valence-corrected chi connectivity index (χ4v) is 3.75. The van der Waals surface area contributed by atoms with Crippen molar-refractivity contribution in [3.63, 3.8) is 0 Å². The lowest BCUT2D eigenvalue weighted by molar-refractivity contribution is -0.138. The summed E-state index contributed by atoms with van der Waals surface area (Å²) in [4.78, 5) is 17.0. The number of nitrogens with zero attached hydrogens (tertiary/aromatic N) is 1. The maximum atomic E-state index is 13.5. The molecule has 0 saturated carbocycles. The Balaban J connectivity index is 2.06. The molecule has 1 aliphatic rings. The van der Waals surface area contributed by atoms with Gasteiger partial charge in [0.05, 0.1) is 23.8 Å². The van der Waals surface area contributed by atoms with Gasteiger partial charge in [0.15, 0.2) is 11.5 Å². The Hall–Kier alpha value is -3.26. The molecule has 8 heteroatoms. The Morgan fingerprint density at radius 3 is 2.63 bits per heavy atom. The number of para-hydroxylation sites is 1. The minimum atomic E-state index is -0.742. The third-order valence-electron chi connectivity index (χ3n) is 4.03. The Morgan fingerprint density at radius 2 is 1.93 bits per heavy atom. The second kappa shape index (κ2) is 9.49. The Kier molecular flexibility index (Phi) is 6.79. The number of phenolic OH excluding ortho intramolecular Hbond substituents is 1. The first kappa shape index (κ1) is 21.4. The first-order valence-corrected chi connectivity index (χ1v) is 10.1. The fourth-order valence-electron chi connectivity index (χ4n) is 2.72. The number of rotatable bonds is 6. The number of aliphatic imine (C=N–C) groups is 1. The number of ether oxygens (including phenoxy) is 2. The largest absolute Gasteiger partial charge is 0.506 e. The third-order valence-corrected chi connectivity index (χ3v) is 5.05. The van der Waals surface area contributed by atoms with Gasteiger partial charge < -0.3 is 19.7 Å². The van der Waals surface area contributed by atoms with E-state index in [2.05, 4.69) is 4.99 Å². The highest BCUT2D eigenvalue weighted by atomic mass is 32.2. The molecule has 0 unspecified atom stereocenters. The van der Waals surface area contributed by atoms with E-state index in [9.17, 15) is 19.4 Å². The molecular weight excluding hydrogens is 409 g/mol. The van der Waals surface area contributed by atoms with Crippen LogP contribution in [0.1, 0.15) is 19.4 Å². The van der Waals surface area contributed by atoms with Gasteiger partial charge >= 0.3 is 5.97 Å². The summed E-state index contributed by atoms with van der Waals surface area (Å²) in [6.07, 6.45) is 1.52. The number of halogens is 1. The van der Waals surface area contributed by atoms with E-state index in [-0.39, 0.29) is 39.3 Å². The molecule has 0 bridgehead atoms. The normalized spacial score (nSPS) is 16.4. The minimum absolute atomic E-state index is 0.0894. The summed E-state index contributed by atoms with van der Waals surface area (Å²) in [5, 5.41) is 21.3. The van der Waals surface area contributed by atoms with Crippen LogP contribution in [-0.4, -0.2) is 34.4 Å². The Labute approximate surface area is 177 Å². The van der Waals surface area contributed by atoms with Gasteiger partial charge in [-0.1, -0.05) is 30.0 Å². The SMILES string of the molecule is CCOC(=O)C1=C(O)/C(=C\c2cccc(OCC)c2O)SC1=Nc1cccc(F)c1. The number of aromatic hydroxyl groups is 1. The van der Waals surface area contributed by atoms with Gasteiger partial charge in [-0.25, -0.2) is 14.2 Å². The number of hydrogen-bond donors (Lipinski definition) is 2. The topological polar surface area (TPSA) is 88.4 Å². The van der Waals surface area contributed by atoms with Gasteiger partial charge in [-0.05, 0) is 44.2 Å². The highest BCUT2D eigenvalue weighted by Crippen LogP contribution is 2.42. The number of aliphatic hydroxyl groups excluding tert-OH is 1. The number of benzene rings is 2. The number of carbonyl (C=O) groups excluding carboxylic acids is 1. The standard InChI is InChI=1S/C22H20FNO5S/c1-3-28-16-10-5-7-13(19(16)25)11-17-20(26)18(22(27)29-4-2)21(30-17)24-15-9-6-8-14(23)12-15/h5-12,25-26H,3-4H2,1-2H3/b17-11+,24-21?. The number of esters is 1. The van der Waals surface area contributed by atoms with Crippen molar-refractivity contribution in [1.82, 2.24) is 0 Å². The quantitative estimate of drug-likeness (QED) is 0.620. The van der Waals surface area contributed by atoms with Crippen molar-refractivity contribution in [2.45, 2.75) is 13.8 Å². The van der Waals surface area contributed by atoms with E-state index in [0.29, 0.717) is 17.9 Å². The van der Waals surface area contributed by atoms with Crippen molar-refractivity contribution in [1.29, 1.82) is 0 Å². The summed E-state index contributed by atoms with van der Waals surface area (Å²) in [6.45, 7) is 3.94. The van der Waals surface area contributed by atoms with Gasteiger partial charge in [0.1, 0.15) is 22.2 Å². The summed E-state index contributed by atoms with van der Waals surface area (Å²) < 4.78 is 23.9. The van der Waals surface area contributed by atoms with Gasteiger partial charge in [0, 0.05) is 5.56 Å². The lowest BCUT2D eigenvalue weighted by atomic mass is 10.1. The molecule has 0 atom stereocenters. The third kappa shape index (κ3) is 4.65. The molecule has 2 aromatic rings. The van der Waals surface area contributed by atoms with Gasteiger partial charge in [-0.15, -0.1) is 0 Å². The van der Waals surface area contributed by atoms with Crippen molar-refractivity contribution in [2.75, 3.05) is 13.2 Å². The Morgan fingerprint density at radius 1 is 1.17 bits per heavy atom. The molecule has 0 fully saturated rings. The highest BCUT2D eigenvalue weighted by Gasteiger charge is 2.33. The summed E-state index contributed by atoms with van der Waals surface area (Å²) in [6, 6.07) is 10.5. The van der Waals surface area contributed by atoms with E-state index < -0.39 is 11.8 Å². The van der Waals surface area contributed by atoms with Crippen molar-refractivity contribution in [2.24, 2.45) is 4.99 Å². The zero-order chi connectivity index (χ0) is 21.7. The van der Waals surface area contributed by atoms with Crippen molar-refractivity contribution >= 4 is 34.5 Å². The molecule has 0 saturated heterocycles. The summed E-state index contributed by atoms with van der Waals surface area (Å²) in [5.74, 6) is -1.33. The molecule has 2 aromatic carbocycles. The number of phenols is 1. The number of thioether (sulfide) groups is 1. The molecule has 1 heterocycles. The Bertz CT molecular complexity index is 1060. The minimum Gasteiger partial charge on any atom is -0.506 e. The molecule has 156 valence electrons. The molecule has 3 rings (SSSR count). The molecule has 0 radical (unpaired) electrons. The molecule has 0 aliphatic carbocycles. The van der Waals surface area contributed by atoms with Crippen molar-refractivity contribution < 1.29 is 28.9 Å². The summed E-state index contributed by atoms with van der Waals surface area (Å²) >= 11 is 1.02. The lowest BCUT2D eigenvalue weighted by Gasteiger charge is -2.08. The van der Waals surface area contributed by atoms with Gasteiger partial charge in [0.2, 0.25) is 0 Å². The van der Waals surface area contributed by atoms with Gasteiger partial charge in [-0.2, -0.15) is 0 Å². The molecule has 0 aromatic heterocycles. The van der Waals surface area contributed by atoms with Crippen LogP contribution in [0, 0.1) is 5.82 Å². The van der Waals surface area contributed by atoms with Gasteiger partial charge in [0.25, 0.3) is 0 Å². The van der Waals surface area contributed by atoms with E-state index in [1.807, 2.05) is 0 Å². The van der Waals surface area contributed by atoms with Crippen LogP contribution in [0.15, 0.2) is 63.7 Å². The monoisotopic (exact) mass is 429 g/mol. The number of aliphatic hydroxyl groups is 1. The van der Waals surface area contributed by atoms with Gasteiger partial charge in [-0.3, -0.25) is 0 Å². The second-order valence-corrected chi connectivity index (χ2v) is 7.11. The van der Waals surface area contributed by atoms with Crippen LogP contribution in [0.25, 0.3) is 6.08 Å². The van der Waals surface area contributed by atoms with E-state index in [1.165, 1.54) is 24.3 Å². The number of hydrogen-bond acceptors (Lipinski definition) is 7. The molecular formula is C22H20FNO5S. The lowest BCUT2D eigenvalue weighted by Crippen LogP contribution is -2.12. The van der Waals surface area contributed by atoms with Crippen LogP contribution in [0.5, 0.6) is 11.5 Å². The maximum Gasteiger partial charge on any atom is 0.344 e. The molecule has 2 N–H and O–H groups in total. The second-order valence-electron chi connectivity index (χ2n) is 6.08. The first-order chi connectivity index (χ1) is 14.4. The van der Waals surface area contributed by atoms with Crippen LogP contribution in [0.4, 0.5) is 10.1 Å². The molecule has 6 nitrogen and oxygen atoms in total. The molecule has 0 spiro atoms. The zero-order valence-electron chi connectivity index (χ0n) is 16.4. The molecule has 0 amide bonds. The molecule has 1 aliphatic heterocycles. The average molecular weight is 429 g/mol. The van der Waals surface area contributed by atoms with Crippen molar-refractivity contribution in [3.05, 3.63) is 70.1 Å². The predicted octanol–water partition coefficient (Wildman–Crippen LogP) is 5.12. The summed E-state index contributed by atoms with van der Waals surface area (Å²) in [7, 11) is 0. The van der Waals surface area contributed by atoms with E-state index in [1.54, 1.807) is 38.1 Å². The predicted molar refractivity (Wildman–Crippen MR) is 115 cm³/mol. The van der Waals surface area contributed by atoms with Crippen LogP contribution < -0.4 is 4.74 Å². The van der Waals surface area contributed by atoms with E-state index >= 15 is 0 Å². The highest BCUT2D eigenvalue weighted by molar-refractivity contribution is 8.18. The maximum absolute atomic E-state index is 13.5. The van der Waals surface area contributed by atoms with E-state index in [4.69, 9.17) is 9.47 Å². The smallest absolute Gasteiger partial charge is 0.344 e. The first-order valence-electron chi connectivity index (χ1n) is 9.24. The van der Waals surface area contributed by atoms with Crippen LogP contribution in [0.3, 0.4) is 0 Å². The molecule has 30 heavy (non-hydrogen) atoms.